The Labute approximate surface area is 183 Å². The molecule has 1 fully saturated rings. The fourth-order valence-corrected chi connectivity index (χ4v) is 3.64. The van der Waals surface area contributed by atoms with E-state index in [1.54, 1.807) is 36.4 Å². The van der Waals surface area contributed by atoms with Crippen molar-refractivity contribution < 1.29 is 19.4 Å². The van der Waals surface area contributed by atoms with Gasteiger partial charge in [-0.15, -0.1) is 6.58 Å². The monoisotopic (exact) mass is 417 g/mol. The molecule has 2 aromatic rings. The SMILES string of the molecule is C=CCOc1ccc(C(O)=C2C(=O)C(=O)N(CC=C)C2c2ccc(C(C)C)cc2)cc1. The van der Waals surface area contributed by atoms with Crippen molar-refractivity contribution in [3.8, 4) is 5.75 Å². The maximum atomic E-state index is 12.9. The molecule has 0 saturated carbocycles. The number of ketones is 1. The van der Waals surface area contributed by atoms with Gasteiger partial charge in [-0.05, 0) is 41.3 Å². The van der Waals surface area contributed by atoms with Crippen LogP contribution in [0.2, 0.25) is 0 Å². The number of rotatable bonds is 8. The minimum absolute atomic E-state index is 0.0731. The number of aliphatic hydroxyl groups is 1. The van der Waals surface area contributed by atoms with E-state index in [0.29, 0.717) is 23.8 Å². The summed E-state index contributed by atoms with van der Waals surface area (Å²) in [7, 11) is 0. The minimum Gasteiger partial charge on any atom is -0.507 e. The number of benzene rings is 2. The molecule has 1 N–H and O–H groups in total. The number of likely N-dealkylation sites (tertiary alicyclic amines) is 1. The van der Waals surface area contributed by atoms with Gasteiger partial charge in [0.05, 0.1) is 11.6 Å². The van der Waals surface area contributed by atoms with E-state index in [9.17, 15) is 14.7 Å². The van der Waals surface area contributed by atoms with Gasteiger partial charge in [0.25, 0.3) is 11.7 Å². The normalized spacial score (nSPS) is 17.8. The van der Waals surface area contributed by atoms with Gasteiger partial charge in [0.1, 0.15) is 18.1 Å². The molecule has 0 radical (unpaired) electrons. The van der Waals surface area contributed by atoms with Gasteiger partial charge in [-0.3, -0.25) is 9.59 Å². The average molecular weight is 418 g/mol. The first kappa shape index (κ1) is 22.1. The zero-order chi connectivity index (χ0) is 22.5. The molecule has 5 nitrogen and oxygen atoms in total. The Kier molecular flexibility index (Phi) is 6.75. The highest BCUT2D eigenvalue weighted by Crippen LogP contribution is 2.39. The zero-order valence-corrected chi connectivity index (χ0v) is 17.9. The maximum Gasteiger partial charge on any atom is 0.295 e. The van der Waals surface area contributed by atoms with E-state index in [2.05, 4.69) is 27.0 Å². The summed E-state index contributed by atoms with van der Waals surface area (Å²) in [6.07, 6.45) is 3.21. The lowest BCUT2D eigenvalue weighted by Crippen LogP contribution is -2.29. The third kappa shape index (κ3) is 4.45. The number of hydrogen-bond donors (Lipinski definition) is 1. The van der Waals surface area contributed by atoms with Gasteiger partial charge in [0, 0.05) is 12.1 Å². The van der Waals surface area contributed by atoms with Gasteiger partial charge in [-0.1, -0.05) is 56.8 Å². The molecule has 5 heteroatoms. The first-order valence-electron chi connectivity index (χ1n) is 10.2. The first-order valence-corrected chi connectivity index (χ1v) is 10.2. The second-order valence-electron chi connectivity index (χ2n) is 7.69. The summed E-state index contributed by atoms with van der Waals surface area (Å²) in [5.41, 5.74) is 2.42. The molecule has 31 heavy (non-hydrogen) atoms. The summed E-state index contributed by atoms with van der Waals surface area (Å²) < 4.78 is 5.47. The molecule has 0 spiro atoms. The van der Waals surface area contributed by atoms with Crippen LogP contribution >= 0.6 is 0 Å². The van der Waals surface area contributed by atoms with Crippen LogP contribution in [0.5, 0.6) is 5.75 Å². The summed E-state index contributed by atoms with van der Waals surface area (Å²) in [4.78, 5) is 27.1. The molecule has 0 bridgehead atoms. The number of Topliss-reactive ketones (excluding diaryl/α,β-unsaturated/α-hetero) is 1. The molecule has 1 aliphatic heterocycles. The van der Waals surface area contributed by atoms with E-state index < -0.39 is 17.7 Å². The number of nitrogens with zero attached hydrogens (tertiary/aromatic N) is 1. The van der Waals surface area contributed by atoms with Crippen LogP contribution in [0.15, 0.2) is 79.4 Å². The molecule has 1 aliphatic rings. The number of carbonyl (C=O) groups is 2. The second-order valence-corrected chi connectivity index (χ2v) is 7.69. The summed E-state index contributed by atoms with van der Waals surface area (Å²) >= 11 is 0. The lowest BCUT2D eigenvalue weighted by molar-refractivity contribution is -0.139. The van der Waals surface area contributed by atoms with E-state index in [1.165, 1.54) is 4.90 Å². The van der Waals surface area contributed by atoms with Gasteiger partial charge in [-0.2, -0.15) is 0 Å². The summed E-state index contributed by atoms with van der Waals surface area (Å²) in [5.74, 6) is -0.590. The van der Waals surface area contributed by atoms with Crippen LogP contribution in [-0.4, -0.2) is 34.8 Å². The number of carbonyl (C=O) groups excluding carboxylic acids is 2. The Morgan fingerprint density at radius 2 is 1.71 bits per heavy atom. The largest absolute Gasteiger partial charge is 0.507 e. The van der Waals surface area contributed by atoms with Crippen LogP contribution in [0.3, 0.4) is 0 Å². The predicted molar refractivity (Wildman–Crippen MR) is 122 cm³/mol. The Balaban J connectivity index is 2.07. The number of ether oxygens (including phenoxy) is 1. The Hall–Kier alpha value is -3.60. The van der Waals surface area contributed by atoms with Crippen LogP contribution in [-0.2, 0) is 9.59 Å². The predicted octanol–water partition coefficient (Wildman–Crippen LogP) is 4.98. The van der Waals surface area contributed by atoms with Gasteiger partial charge in [0.15, 0.2) is 0 Å². The third-order valence-electron chi connectivity index (χ3n) is 5.28. The van der Waals surface area contributed by atoms with Crippen LogP contribution < -0.4 is 4.74 Å². The highest BCUT2D eigenvalue weighted by atomic mass is 16.5. The van der Waals surface area contributed by atoms with E-state index in [4.69, 9.17) is 4.74 Å². The Morgan fingerprint density at radius 3 is 2.26 bits per heavy atom. The molecule has 1 saturated heterocycles. The van der Waals surface area contributed by atoms with Crippen molar-refractivity contribution >= 4 is 17.4 Å². The van der Waals surface area contributed by atoms with Crippen LogP contribution in [0.4, 0.5) is 0 Å². The van der Waals surface area contributed by atoms with Gasteiger partial charge in [0.2, 0.25) is 0 Å². The van der Waals surface area contributed by atoms with E-state index in [-0.39, 0.29) is 17.9 Å². The smallest absolute Gasteiger partial charge is 0.295 e. The van der Waals surface area contributed by atoms with Crippen LogP contribution in [0.1, 0.15) is 42.5 Å². The number of hydrogen-bond acceptors (Lipinski definition) is 4. The van der Waals surface area contributed by atoms with Crippen molar-refractivity contribution in [1.82, 2.24) is 4.90 Å². The molecule has 0 aromatic heterocycles. The fourth-order valence-electron chi connectivity index (χ4n) is 3.64. The lowest BCUT2D eigenvalue weighted by Gasteiger charge is -2.24. The Morgan fingerprint density at radius 1 is 1.06 bits per heavy atom. The number of aliphatic hydroxyl groups excluding tert-OH is 1. The van der Waals surface area contributed by atoms with Gasteiger partial charge < -0.3 is 14.7 Å². The molecule has 160 valence electrons. The minimum atomic E-state index is -0.704. The molecule has 1 unspecified atom stereocenters. The topological polar surface area (TPSA) is 66.8 Å². The molecule has 3 rings (SSSR count). The molecular weight excluding hydrogens is 390 g/mol. The van der Waals surface area contributed by atoms with Crippen LogP contribution in [0, 0.1) is 0 Å². The molecule has 1 amide bonds. The van der Waals surface area contributed by atoms with Crippen molar-refractivity contribution in [3.05, 3.63) is 96.1 Å². The standard InChI is InChI=1S/C26H27NO4/c1-5-15-27-23(19-9-7-18(8-10-19)17(3)4)22(25(29)26(27)30)24(28)20-11-13-21(14-12-20)31-16-6-2/h5-14,17,23,28H,1-2,15-16H2,3-4H3. The van der Waals surface area contributed by atoms with Gasteiger partial charge >= 0.3 is 0 Å². The Bertz CT molecular complexity index is 1020. The third-order valence-corrected chi connectivity index (χ3v) is 5.28. The second kappa shape index (κ2) is 9.47. The van der Waals surface area contributed by atoms with Gasteiger partial charge in [-0.25, -0.2) is 0 Å². The number of amides is 1. The summed E-state index contributed by atoms with van der Waals surface area (Å²) in [5, 5.41) is 11.0. The maximum absolute atomic E-state index is 12.9. The van der Waals surface area contributed by atoms with E-state index in [0.717, 1.165) is 11.1 Å². The summed E-state index contributed by atoms with van der Waals surface area (Å²) in [6, 6.07) is 13.8. The first-order chi connectivity index (χ1) is 14.9. The molecule has 0 aliphatic carbocycles. The van der Waals surface area contributed by atoms with Crippen molar-refractivity contribution in [1.29, 1.82) is 0 Å². The highest BCUT2D eigenvalue weighted by Gasteiger charge is 2.45. The molecule has 1 atom stereocenters. The zero-order valence-electron chi connectivity index (χ0n) is 17.9. The summed E-state index contributed by atoms with van der Waals surface area (Å²) in [6.45, 7) is 12.1. The van der Waals surface area contributed by atoms with Crippen molar-refractivity contribution in [2.24, 2.45) is 0 Å². The van der Waals surface area contributed by atoms with Crippen molar-refractivity contribution in [2.45, 2.75) is 25.8 Å². The molecular formula is C26H27NO4. The van der Waals surface area contributed by atoms with Crippen LogP contribution in [0.25, 0.3) is 5.76 Å². The van der Waals surface area contributed by atoms with E-state index in [1.807, 2.05) is 24.3 Å². The van der Waals surface area contributed by atoms with E-state index >= 15 is 0 Å². The van der Waals surface area contributed by atoms with Crippen molar-refractivity contribution in [3.63, 3.8) is 0 Å². The average Bonchev–Trinajstić information content (AvgIpc) is 3.03. The van der Waals surface area contributed by atoms with Crippen molar-refractivity contribution in [2.75, 3.05) is 13.2 Å². The fraction of sp³-hybridized carbons (Fsp3) is 0.231. The molecule has 2 aromatic carbocycles. The quantitative estimate of drug-likeness (QED) is 0.285. The highest BCUT2D eigenvalue weighted by molar-refractivity contribution is 6.46. The molecule has 1 heterocycles. The lowest BCUT2D eigenvalue weighted by atomic mass is 9.93.